The summed E-state index contributed by atoms with van der Waals surface area (Å²) in [4.78, 5) is 0. The van der Waals surface area contributed by atoms with Gasteiger partial charge in [-0.3, -0.25) is 0 Å². The van der Waals surface area contributed by atoms with E-state index in [1.54, 1.807) is 0 Å². The predicted octanol–water partition coefficient (Wildman–Crippen LogP) is 15.5. The molecule has 0 saturated heterocycles. The molecule has 14 rings (SSSR count). The monoisotopic (exact) mass is 855 g/mol. The van der Waals surface area contributed by atoms with E-state index in [1.165, 1.54) is 16.7 Å². The van der Waals surface area contributed by atoms with Crippen LogP contribution in [0.25, 0.3) is 104 Å². The maximum Gasteiger partial charge on any atom is 0.197 e. The zero-order valence-electron chi connectivity index (χ0n) is 38.4. The van der Waals surface area contributed by atoms with Crippen LogP contribution < -0.4 is 16.2 Å². The molecule has 66 heavy (non-hydrogen) atoms. The molecule has 1 radical (unpaired) electrons. The highest BCUT2D eigenvalue weighted by atomic mass is 16.3. The van der Waals surface area contributed by atoms with Gasteiger partial charge in [0, 0.05) is 72.3 Å². The first-order valence-electron chi connectivity index (χ1n) is 23.4. The zero-order chi connectivity index (χ0) is 44.6. The molecule has 319 valence electrons. The smallest absolute Gasteiger partial charge is 0.197 e. The van der Waals surface area contributed by atoms with Crippen molar-refractivity contribution in [3.8, 4) is 16.8 Å². The lowest BCUT2D eigenvalue weighted by atomic mass is 9.59. The van der Waals surface area contributed by atoms with Gasteiger partial charge < -0.3 is 23.1 Å². The van der Waals surface area contributed by atoms with Gasteiger partial charge in [-0.1, -0.05) is 121 Å². The summed E-state index contributed by atoms with van der Waals surface area (Å²) in [5, 5.41) is 12.9. The van der Waals surface area contributed by atoms with Crippen molar-refractivity contribution in [2.75, 3.05) is 5.32 Å². The highest BCUT2D eigenvalue weighted by molar-refractivity contribution is 6.74. The summed E-state index contributed by atoms with van der Waals surface area (Å²) in [6.45, 7) is 16.4. The van der Waals surface area contributed by atoms with Gasteiger partial charge in [-0.25, -0.2) is 0 Å². The molecule has 1 N–H and O–H groups in total. The number of hydrogen-bond acceptors (Lipinski definition) is 4. The molecule has 2 aliphatic rings. The van der Waals surface area contributed by atoms with E-state index >= 15 is 0 Å². The van der Waals surface area contributed by atoms with Crippen molar-refractivity contribution in [3.63, 3.8) is 0 Å². The molecule has 0 bridgehead atoms. The molecule has 5 heterocycles. The van der Waals surface area contributed by atoms with Gasteiger partial charge in [0.2, 0.25) is 0 Å². The second-order valence-electron chi connectivity index (χ2n) is 21.5. The van der Waals surface area contributed by atoms with Gasteiger partial charge >= 0.3 is 0 Å². The molecular weight excluding hydrogens is 807 g/mol. The normalized spacial score (nSPS) is 15.4. The molecule has 5 nitrogen and oxygen atoms in total. The number of nitrogens with zero attached hydrogens (tertiary/aromatic N) is 1. The Balaban J connectivity index is 1.07. The Morgan fingerprint density at radius 1 is 0.545 bits per heavy atom. The second-order valence-corrected chi connectivity index (χ2v) is 21.5. The fourth-order valence-corrected chi connectivity index (χ4v) is 11.7. The maximum absolute atomic E-state index is 6.92. The Bertz CT molecular complexity index is 4090. The number of rotatable bonds is 3. The van der Waals surface area contributed by atoms with Gasteiger partial charge in [0.15, 0.2) is 7.28 Å². The number of nitrogens with one attached hydrogen (secondary N) is 1. The minimum absolute atomic E-state index is 0.0457. The molecular formula is C60H48BN2O3. The number of fused-ring (bicyclic) bond motifs is 16. The van der Waals surface area contributed by atoms with Gasteiger partial charge in [-0.05, 0) is 111 Å². The number of aromatic nitrogens is 1. The van der Waals surface area contributed by atoms with Crippen molar-refractivity contribution in [2.45, 2.75) is 77.6 Å². The summed E-state index contributed by atoms with van der Waals surface area (Å²) in [7, 11) is 2.41. The number of hydrogen-bond donors (Lipinski definition) is 1. The summed E-state index contributed by atoms with van der Waals surface area (Å²) in [6, 6.07) is 48.8. The predicted molar refractivity (Wildman–Crippen MR) is 277 cm³/mol. The van der Waals surface area contributed by atoms with Crippen LogP contribution in [-0.2, 0) is 16.2 Å². The average molecular weight is 856 g/mol. The van der Waals surface area contributed by atoms with Gasteiger partial charge in [0.25, 0.3) is 0 Å². The van der Waals surface area contributed by atoms with Gasteiger partial charge in [-0.15, -0.1) is 0 Å². The van der Waals surface area contributed by atoms with Gasteiger partial charge in [0.05, 0.1) is 16.6 Å². The van der Waals surface area contributed by atoms with Crippen molar-refractivity contribution in [1.29, 1.82) is 0 Å². The minimum atomic E-state index is 0.0457. The van der Waals surface area contributed by atoms with Crippen molar-refractivity contribution in [2.24, 2.45) is 0 Å². The molecule has 0 unspecified atom stereocenters. The first-order valence-corrected chi connectivity index (χ1v) is 23.4. The third-order valence-electron chi connectivity index (χ3n) is 15.4. The Hall–Kier alpha value is -7.18. The molecule has 0 amide bonds. The Morgan fingerprint density at radius 3 is 1.92 bits per heavy atom. The molecule has 12 aromatic rings. The molecule has 4 aromatic heterocycles. The zero-order valence-corrected chi connectivity index (χ0v) is 38.4. The SMILES string of the molecule is CC(C)(C)c1ccc(Nc2cc3oc4cc5c(cc4c3cc2-c2ccc3c4c6oc7ccccc7c6ccc4n4c3c2[B]c2cc3c(cc2-4)oc2ccccc23)C(C)(C)CCC5(C)C)cc1. The first kappa shape index (κ1) is 38.1. The highest BCUT2D eigenvalue weighted by Gasteiger charge is 2.38. The lowest BCUT2D eigenvalue weighted by molar-refractivity contribution is 0.332. The Labute approximate surface area is 383 Å². The number of benzene rings is 8. The van der Waals surface area contributed by atoms with E-state index in [-0.39, 0.29) is 16.2 Å². The largest absolute Gasteiger partial charge is 0.456 e. The number of furan rings is 3. The minimum Gasteiger partial charge on any atom is -0.456 e. The van der Waals surface area contributed by atoms with Crippen molar-refractivity contribution < 1.29 is 13.3 Å². The summed E-state index contributed by atoms with van der Waals surface area (Å²) in [6.07, 6.45) is 2.30. The topological polar surface area (TPSA) is 56.4 Å². The number of anilines is 2. The Kier molecular flexibility index (Phi) is 7.39. The van der Waals surface area contributed by atoms with Crippen molar-refractivity contribution in [1.82, 2.24) is 4.57 Å². The van der Waals surface area contributed by atoms with E-state index in [2.05, 4.69) is 193 Å². The quantitative estimate of drug-likeness (QED) is 0.180. The summed E-state index contributed by atoms with van der Waals surface area (Å²) in [5.74, 6) is 0. The van der Waals surface area contributed by atoms with Crippen LogP contribution in [0.2, 0.25) is 0 Å². The van der Waals surface area contributed by atoms with Crippen molar-refractivity contribution in [3.05, 3.63) is 150 Å². The molecule has 0 atom stereocenters. The van der Waals surface area contributed by atoms with Gasteiger partial charge in [0.1, 0.15) is 33.5 Å². The van der Waals surface area contributed by atoms with Crippen LogP contribution in [-0.4, -0.2) is 11.8 Å². The van der Waals surface area contributed by atoms with E-state index < -0.39 is 0 Å². The van der Waals surface area contributed by atoms with Crippen LogP contribution in [0.5, 0.6) is 0 Å². The average Bonchev–Trinajstić information content (AvgIpc) is 4.06. The molecule has 8 aromatic carbocycles. The lowest BCUT2D eigenvalue weighted by Crippen LogP contribution is -2.37. The molecule has 1 aliphatic heterocycles. The molecule has 1 aliphatic carbocycles. The number of para-hydroxylation sites is 2. The second kappa shape index (κ2) is 12.8. The highest BCUT2D eigenvalue weighted by Crippen LogP contribution is 2.50. The van der Waals surface area contributed by atoms with Crippen molar-refractivity contribution >= 4 is 117 Å². The van der Waals surface area contributed by atoms with E-state index in [4.69, 9.17) is 13.3 Å². The van der Waals surface area contributed by atoms with E-state index in [0.717, 1.165) is 140 Å². The molecule has 0 saturated carbocycles. The lowest BCUT2D eigenvalue weighted by Gasteiger charge is -2.41. The van der Waals surface area contributed by atoms with Crippen LogP contribution in [0.15, 0.2) is 147 Å². The van der Waals surface area contributed by atoms with Crippen LogP contribution in [0, 0.1) is 0 Å². The fourth-order valence-electron chi connectivity index (χ4n) is 11.7. The standard InChI is InChI=1S/C60H48BN2O3/c1-58(2,3)32-16-18-33(19-17-32)62-46-30-52-40(41-27-43-44(29-51(41)65-52)60(6,7)25-24-59(43,4)5)26-39(46)36-20-21-38-54-47(23-22-37-34-12-8-11-15-50(34)66-57(37)54)63-48-31-53-42(28-45(48)61-55(36)56(38)63)35-13-9-10-14-49(35)64-53/h8-23,26-31,62H,24-25H2,1-7H3. The van der Waals surface area contributed by atoms with E-state index in [9.17, 15) is 0 Å². The summed E-state index contributed by atoms with van der Waals surface area (Å²) < 4.78 is 22.7. The van der Waals surface area contributed by atoms with Crippen LogP contribution in [0.4, 0.5) is 11.4 Å². The van der Waals surface area contributed by atoms with E-state index in [0.29, 0.717) is 0 Å². The molecule has 6 heteroatoms. The first-order chi connectivity index (χ1) is 31.8. The third-order valence-corrected chi connectivity index (χ3v) is 15.4. The fraction of sp³-hybridized carbons (Fsp3) is 0.200. The third kappa shape index (κ3) is 5.24. The molecule has 0 fully saturated rings. The van der Waals surface area contributed by atoms with Crippen LogP contribution >= 0.6 is 0 Å². The summed E-state index contributed by atoms with van der Waals surface area (Å²) >= 11 is 0. The Morgan fingerprint density at radius 2 is 1.17 bits per heavy atom. The van der Waals surface area contributed by atoms with Gasteiger partial charge in [-0.2, -0.15) is 0 Å². The molecule has 0 spiro atoms. The summed E-state index contributed by atoms with van der Waals surface area (Å²) in [5.41, 5.74) is 19.6. The van der Waals surface area contributed by atoms with Crippen LogP contribution in [0.1, 0.15) is 78.0 Å². The van der Waals surface area contributed by atoms with E-state index in [1.807, 2.05) is 6.07 Å². The maximum atomic E-state index is 6.92. The van der Waals surface area contributed by atoms with Crippen LogP contribution in [0.3, 0.4) is 0 Å².